The fourth-order valence-corrected chi connectivity index (χ4v) is 3.60. The average Bonchev–Trinajstić information content (AvgIpc) is 2.84. The Kier molecular flexibility index (Phi) is 9.19. The van der Waals surface area contributed by atoms with Crippen LogP contribution in [0.5, 0.6) is 11.5 Å². The monoisotopic (exact) mass is 531 g/mol. The van der Waals surface area contributed by atoms with E-state index >= 15 is 0 Å². The van der Waals surface area contributed by atoms with Gasteiger partial charge in [-0.25, -0.2) is 14.8 Å². The molecule has 1 aromatic heterocycles. The summed E-state index contributed by atoms with van der Waals surface area (Å²) >= 11 is 0. The highest BCUT2D eigenvalue weighted by molar-refractivity contribution is 5.76. The molecule has 3 rings (SSSR count). The number of halogens is 3. The van der Waals surface area contributed by atoms with Crippen molar-refractivity contribution in [2.45, 2.75) is 65.0 Å². The lowest BCUT2D eigenvalue weighted by Crippen LogP contribution is -2.37. The molecule has 7 nitrogen and oxygen atoms in total. The third kappa shape index (κ3) is 8.64. The third-order valence-electron chi connectivity index (χ3n) is 5.84. The molecule has 2 aromatic carbocycles. The number of aromatic nitrogens is 2. The van der Waals surface area contributed by atoms with E-state index in [1.54, 1.807) is 36.7 Å². The van der Waals surface area contributed by atoms with Crippen molar-refractivity contribution in [3.8, 4) is 11.5 Å². The van der Waals surface area contributed by atoms with Crippen molar-refractivity contribution < 1.29 is 32.5 Å². The molecule has 0 aliphatic carbocycles. The topological polar surface area (TPSA) is 84.8 Å². The molecule has 1 heterocycles. The molecule has 1 N–H and O–H groups in total. The fourth-order valence-electron chi connectivity index (χ4n) is 3.60. The first-order chi connectivity index (χ1) is 17.8. The van der Waals surface area contributed by atoms with Crippen LogP contribution in [0.15, 0.2) is 60.9 Å². The van der Waals surface area contributed by atoms with Crippen LogP contribution in [0.1, 0.15) is 56.7 Å². The lowest BCUT2D eigenvalue weighted by Gasteiger charge is -2.23. The Hall–Kier alpha value is -3.82. The van der Waals surface area contributed by atoms with E-state index in [1.165, 1.54) is 26.0 Å². The average molecular weight is 532 g/mol. The summed E-state index contributed by atoms with van der Waals surface area (Å²) in [5.74, 6) is -0.0342. The highest BCUT2D eigenvalue weighted by Crippen LogP contribution is 2.24. The summed E-state index contributed by atoms with van der Waals surface area (Å²) in [7, 11) is 0. The summed E-state index contributed by atoms with van der Waals surface area (Å²) in [5.41, 5.74) is 1.52. The molecular weight excluding hydrogens is 499 g/mol. The predicted octanol–water partition coefficient (Wildman–Crippen LogP) is 6.38. The van der Waals surface area contributed by atoms with Crippen LogP contribution in [-0.4, -0.2) is 39.6 Å². The van der Waals surface area contributed by atoms with Crippen LogP contribution in [0, 0.1) is 0 Å². The molecule has 0 radical (unpaired) electrons. The Balaban J connectivity index is 1.67. The van der Waals surface area contributed by atoms with Crippen molar-refractivity contribution in [3.05, 3.63) is 77.6 Å². The van der Waals surface area contributed by atoms with Crippen molar-refractivity contribution >= 4 is 11.9 Å². The van der Waals surface area contributed by atoms with Gasteiger partial charge in [-0.2, -0.15) is 0 Å². The van der Waals surface area contributed by atoms with Gasteiger partial charge in [0, 0.05) is 25.5 Å². The van der Waals surface area contributed by atoms with Crippen molar-refractivity contribution in [3.63, 3.8) is 0 Å². The number of rotatable bonds is 12. The van der Waals surface area contributed by atoms with Crippen molar-refractivity contribution in [2.75, 3.05) is 11.4 Å². The summed E-state index contributed by atoms with van der Waals surface area (Å²) < 4.78 is 47.0. The Labute approximate surface area is 220 Å². The van der Waals surface area contributed by atoms with Crippen molar-refractivity contribution in [1.29, 1.82) is 0 Å². The largest absolute Gasteiger partial charge is 0.573 e. The fraction of sp³-hybridized carbons (Fsp3) is 0.393. The molecule has 0 saturated carbocycles. The number of hydrogen-bond acceptors (Lipinski definition) is 6. The van der Waals surface area contributed by atoms with Gasteiger partial charge >= 0.3 is 12.3 Å². The third-order valence-corrected chi connectivity index (χ3v) is 5.84. The maximum absolute atomic E-state index is 12.5. The summed E-state index contributed by atoms with van der Waals surface area (Å²) in [5, 5.41) is 9.23. The minimum Gasteiger partial charge on any atom is -0.478 e. The van der Waals surface area contributed by atoms with E-state index in [-0.39, 0.29) is 11.7 Å². The van der Waals surface area contributed by atoms with E-state index in [0.717, 1.165) is 29.5 Å². The van der Waals surface area contributed by atoms with E-state index in [0.29, 0.717) is 24.8 Å². The number of aryl methyl sites for hydroxylation is 1. The number of benzene rings is 2. The lowest BCUT2D eigenvalue weighted by atomic mass is 10.1. The quantitative estimate of drug-likeness (QED) is 0.290. The van der Waals surface area contributed by atoms with Crippen LogP contribution in [0.3, 0.4) is 0 Å². The molecule has 0 bridgehead atoms. The number of carboxylic acid groups (broad SMARTS) is 1. The van der Waals surface area contributed by atoms with E-state index < -0.39 is 17.9 Å². The van der Waals surface area contributed by atoms with Crippen LogP contribution in [0.2, 0.25) is 0 Å². The number of nitrogens with zero attached hydrogens (tertiary/aromatic N) is 3. The smallest absolute Gasteiger partial charge is 0.478 e. The van der Waals surface area contributed by atoms with E-state index in [9.17, 15) is 23.1 Å². The standard InChI is InChI=1S/C28H32F3N3O4/c1-19(2)22-16-32-26(33-17-22)34(18-21-9-13-24(14-10-21)38-28(29,30)31)15-5-6-20-7-11-23(12-8-20)37-27(3,4)25(35)36/h7-14,16-17,19H,5-6,15,18H2,1-4H3,(H,35,36). The van der Waals surface area contributed by atoms with Crippen LogP contribution in [-0.2, 0) is 17.8 Å². The number of carboxylic acids is 1. The Morgan fingerprint density at radius 3 is 1.95 bits per heavy atom. The molecule has 0 spiro atoms. The van der Waals surface area contributed by atoms with Crippen LogP contribution in [0.25, 0.3) is 0 Å². The molecular formula is C28H32F3N3O4. The number of hydrogen-bond donors (Lipinski definition) is 1. The molecule has 0 aliphatic rings. The van der Waals surface area contributed by atoms with Crippen molar-refractivity contribution in [2.24, 2.45) is 0 Å². The summed E-state index contributed by atoms with van der Waals surface area (Å²) in [6, 6.07) is 13.0. The van der Waals surface area contributed by atoms with Gasteiger partial charge in [-0.1, -0.05) is 38.1 Å². The summed E-state index contributed by atoms with van der Waals surface area (Å²) in [6.45, 7) is 8.10. The molecule has 0 saturated heterocycles. The molecule has 38 heavy (non-hydrogen) atoms. The van der Waals surface area contributed by atoms with Crippen LogP contribution < -0.4 is 14.4 Å². The summed E-state index contributed by atoms with van der Waals surface area (Å²) in [6.07, 6.45) is 0.332. The first kappa shape index (κ1) is 28.7. The number of anilines is 1. The number of carbonyl (C=O) groups is 1. The molecule has 3 aromatic rings. The van der Waals surface area contributed by atoms with Gasteiger partial charge in [-0.3, -0.25) is 0 Å². The molecule has 0 fully saturated rings. The number of alkyl halides is 3. The normalized spacial score (nSPS) is 11.9. The Bertz CT molecular complexity index is 1180. The highest BCUT2D eigenvalue weighted by atomic mass is 19.4. The predicted molar refractivity (Wildman–Crippen MR) is 137 cm³/mol. The molecule has 204 valence electrons. The zero-order chi connectivity index (χ0) is 27.9. The second kappa shape index (κ2) is 12.1. The first-order valence-electron chi connectivity index (χ1n) is 12.3. The van der Waals surface area contributed by atoms with Gasteiger partial charge in [-0.05, 0) is 73.6 Å². The zero-order valence-corrected chi connectivity index (χ0v) is 21.8. The van der Waals surface area contributed by atoms with Gasteiger partial charge < -0.3 is 19.5 Å². The van der Waals surface area contributed by atoms with Gasteiger partial charge in [-0.15, -0.1) is 13.2 Å². The molecule has 10 heteroatoms. The molecule has 0 unspecified atom stereocenters. The first-order valence-corrected chi connectivity index (χ1v) is 12.3. The number of aliphatic carboxylic acids is 1. The molecule has 0 amide bonds. The van der Waals surface area contributed by atoms with Gasteiger partial charge in [0.1, 0.15) is 11.5 Å². The van der Waals surface area contributed by atoms with E-state index in [1.807, 2.05) is 17.0 Å². The minimum absolute atomic E-state index is 0.274. The van der Waals surface area contributed by atoms with Gasteiger partial charge in [0.2, 0.25) is 5.95 Å². The van der Waals surface area contributed by atoms with E-state index in [4.69, 9.17) is 4.74 Å². The van der Waals surface area contributed by atoms with Crippen LogP contribution in [0.4, 0.5) is 19.1 Å². The van der Waals surface area contributed by atoms with Gasteiger partial charge in [0.25, 0.3) is 0 Å². The summed E-state index contributed by atoms with van der Waals surface area (Å²) in [4.78, 5) is 22.3. The Morgan fingerprint density at radius 1 is 0.921 bits per heavy atom. The maximum Gasteiger partial charge on any atom is 0.573 e. The van der Waals surface area contributed by atoms with Crippen LogP contribution >= 0.6 is 0 Å². The van der Waals surface area contributed by atoms with Crippen molar-refractivity contribution in [1.82, 2.24) is 9.97 Å². The highest BCUT2D eigenvalue weighted by Gasteiger charge is 2.31. The minimum atomic E-state index is -4.74. The maximum atomic E-state index is 12.5. The lowest BCUT2D eigenvalue weighted by molar-refractivity contribution is -0.274. The SMILES string of the molecule is CC(C)c1cnc(N(CCCc2ccc(OC(C)(C)C(=O)O)cc2)Cc2ccc(OC(F)(F)F)cc2)nc1. The second-order valence-corrected chi connectivity index (χ2v) is 9.75. The molecule has 0 atom stereocenters. The Morgan fingerprint density at radius 2 is 1.45 bits per heavy atom. The van der Waals surface area contributed by atoms with E-state index in [2.05, 4.69) is 28.6 Å². The van der Waals surface area contributed by atoms with Gasteiger partial charge in [0.05, 0.1) is 0 Å². The zero-order valence-electron chi connectivity index (χ0n) is 21.8. The molecule has 0 aliphatic heterocycles. The number of ether oxygens (including phenoxy) is 2. The van der Waals surface area contributed by atoms with Gasteiger partial charge in [0.15, 0.2) is 5.60 Å². The second-order valence-electron chi connectivity index (χ2n) is 9.75.